The average molecular weight is 299 g/mol. The Morgan fingerprint density at radius 3 is 2.14 bits per heavy atom. The third-order valence-corrected chi connectivity index (χ3v) is 2.70. The summed E-state index contributed by atoms with van der Waals surface area (Å²) in [7, 11) is 3.99. The van der Waals surface area contributed by atoms with Gasteiger partial charge in [0.15, 0.2) is 5.75 Å². The molecule has 0 aliphatic heterocycles. The number of benzene rings is 1. The number of methoxy groups -OCH3 is 3. The van der Waals surface area contributed by atoms with Crippen molar-refractivity contribution in [2.45, 2.75) is 13.3 Å². The number of rotatable bonds is 7. The largest absolute Gasteiger partial charge is 0.492 e. The van der Waals surface area contributed by atoms with Gasteiger partial charge in [-0.05, 0) is 6.92 Å². The van der Waals surface area contributed by atoms with Crippen LogP contribution < -0.4 is 14.2 Å². The summed E-state index contributed by atoms with van der Waals surface area (Å²) in [5, 5.41) is 11.1. The van der Waals surface area contributed by atoms with Crippen molar-refractivity contribution < 1.29 is 28.7 Å². The Labute approximate surface area is 121 Å². The van der Waals surface area contributed by atoms with Crippen molar-refractivity contribution in [1.82, 2.24) is 0 Å². The van der Waals surface area contributed by atoms with Crippen LogP contribution in [0.15, 0.2) is 6.07 Å². The highest BCUT2D eigenvalue weighted by molar-refractivity contribution is 5.76. The summed E-state index contributed by atoms with van der Waals surface area (Å²) < 4.78 is 20.2. The lowest BCUT2D eigenvalue weighted by Crippen LogP contribution is -2.10. The van der Waals surface area contributed by atoms with Gasteiger partial charge in [-0.1, -0.05) is 0 Å². The first kappa shape index (κ1) is 16.5. The Morgan fingerprint density at radius 2 is 1.71 bits per heavy atom. The van der Waals surface area contributed by atoms with E-state index in [1.54, 1.807) is 6.92 Å². The molecular formula is C13H17NO7. The van der Waals surface area contributed by atoms with E-state index in [0.717, 1.165) is 0 Å². The lowest BCUT2D eigenvalue weighted by molar-refractivity contribution is -0.385. The summed E-state index contributed by atoms with van der Waals surface area (Å²) in [4.78, 5) is 22.1. The number of carbonyl (C=O) groups is 1. The van der Waals surface area contributed by atoms with Crippen molar-refractivity contribution in [2.75, 3.05) is 27.9 Å². The van der Waals surface area contributed by atoms with Crippen LogP contribution in [0.2, 0.25) is 0 Å². The normalized spacial score (nSPS) is 9.90. The topological polar surface area (TPSA) is 97.1 Å². The van der Waals surface area contributed by atoms with Crippen LogP contribution in [0.5, 0.6) is 17.2 Å². The lowest BCUT2D eigenvalue weighted by Gasteiger charge is -2.15. The molecule has 1 rings (SSSR count). The van der Waals surface area contributed by atoms with Gasteiger partial charge in [-0.2, -0.15) is 0 Å². The Morgan fingerprint density at radius 1 is 1.14 bits per heavy atom. The minimum atomic E-state index is -0.616. The van der Waals surface area contributed by atoms with Crippen molar-refractivity contribution in [2.24, 2.45) is 0 Å². The minimum Gasteiger partial charge on any atom is -0.492 e. The molecule has 116 valence electrons. The van der Waals surface area contributed by atoms with Crippen molar-refractivity contribution in [1.29, 1.82) is 0 Å². The third-order valence-electron chi connectivity index (χ3n) is 2.70. The molecule has 21 heavy (non-hydrogen) atoms. The van der Waals surface area contributed by atoms with E-state index in [4.69, 9.17) is 18.9 Å². The SMILES string of the molecule is CCOC(=O)Cc1cc([N+](=O)[O-])c(OC)c(OC)c1OC. The van der Waals surface area contributed by atoms with Gasteiger partial charge in [0.2, 0.25) is 11.5 Å². The van der Waals surface area contributed by atoms with Gasteiger partial charge in [0.05, 0.1) is 39.3 Å². The van der Waals surface area contributed by atoms with E-state index in [0.29, 0.717) is 5.56 Å². The van der Waals surface area contributed by atoms with E-state index in [1.807, 2.05) is 0 Å². The number of nitro groups is 1. The van der Waals surface area contributed by atoms with E-state index >= 15 is 0 Å². The molecule has 1 aromatic carbocycles. The van der Waals surface area contributed by atoms with Gasteiger partial charge in [0.25, 0.3) is 0 Å². The van der Waals surface area contributed by atoms with Gasteiger partial charge < -0.3 is 18.9 Å². The molecule has 8 nitrogen and oxygen atoms in total. The third kappa shape index (κ3) is 3.53. The highest BCUT2D eigenvalue weighted by atomic mass is 16.6. The van der Waals surface area contributed by atoms with Crippen LogP contribution in [0, 0.1) is 10.1 Å². The molecule has 0 aliphatic rings. The number of nitrogens with zero attached hydrogens (tertiary/aromatic N) is 1. The van der Waals surface area contributed by atoms with Crippen molar-refractivity contribution in [3.8, 4) is 17.2 Å². The van der Waals surface area contributed by atoms with Gasteiger partial charge in [0, 0.05) is 11.6 Å². The average Bonchev–Trinajstić information content (AvgIpc) is 2.45. The molecule has 0 bridgehead atoms. The van der Waals surface area contributed by atoms with E-state index < -0.39 is 10.9 Å². The van der Waals surface area contributed by atoms with Gasteiger partial charge in [-0.15, -0.1) is 0 Å². The molecule has 0 unspecified atom stereocenters. The molecule has 0 aliphatic carbocycles. The maximum absolute atomic E-state index is 11.6. The van der Waals surface area contributed by atoms with E-state index in [2.05, 4.69) is 0 Å². The molecule has 0 spiro atoms. The molecule has 0 amide bonds. The minimum absolute atomic E-state index is 0.0630. The predicted molar refractivity (Wildman–Crippen MR) is 73.1 cm³/mol. The van der Waals surface area contributed by atoms with E-state index in [9.17, 15) is 14.9 Å². The van der Waals surface area contributed by atoms with Gasteiger partial charge in [-0.25, -0.2) is 0 Å². The smallest absolute Gasteiger partial charge is 0.315 e. The second-order valence-corrected chi connectivity index (χ2v) is 3.89. The van der Waals surface area contributed by atoms with Gasteiger partial charge in [-0.3, -0.25) is 14.9 Å². The Bertz CT molecular complexity index is 542. The van der Waals surface area contributed by atoms with Crippen LogP contribution in [0.4, 0.5) is 5.69 Å². The monoisotopic (exact) mass is 299 g/mol. The number of ether oxygens (including phenoxy) is 4. The number of hydrogen-bond acceptors (Lipinski definition) is 7. The molecule has 0 saturated carbocycles. The standard InChI is InChI=1S/C13H17NO7/c1-5-21-10(15)7-8-6-9(14(16)17)12(19-3)13(20-4)11(8)18-2/h6H,5,7H2,1-4H3. The summed E-state index contributed by atoms with van der Waals surface area (Å²) >= 11 is 0. The first-order valence-electron chi connectivity index (χ1n) is 6.11. The molecule has 8 heteroatoms. The Hall–Kier alpha value is -2.51. The number of carbonyl (C=O) groups excluding carboxylic acids is 1. The fourth-order valence-corrected chi connectivity index (χ4v) is 1.90. The first-order valence-corrected chi connectivity index (χ1v) is 6.11. The van der Waals surface area contributed by atoms with Crippen LogP contribution in [0.25, 0.3) is 0 Å². The van der Waals surface area contributed by atoms with Crippen molar-refractivity contribution in [3.05, 3.63) is 21.7 Å². The zero-order valence-corrected chi connectivity index (χ0v) is 12.3. The molecule has 0 N–H and O–H groups in total. The van der Waals surface area contributed by atoms with Gasteiger partial charge >= 0.3 is 11.7 Å². The maximum Gasteiger partial charge on any atom is 0.315 e. The highest BCUT2D eigenvalue weighted by Gasteiger charge is 2.28. The number of esters is 1. The Balaban J connectivity index is 3.44. The van der Waals surface area contributed by atoms with Crippen molar-refractivity contribution >= 4 is 11.7 Å². The summed E-state index contributed by atoms with van der Waals surface area (Å²) in [5.74, 6) is -0.314. The number of nitro benzene ring substituents is 1. The summed E-state index contributed by atoms with van der Waals surface area (Å²) in [6.07, 6.45) is -0.168. The van der Waals surface area contributed by atoms with E-state index in [1.165, 1.54) is 27.4 Å². The van der Waals surface area contributed by atoms with Crippen LogP contribution >= 0.6 is 0 Å². The zero-order valence-electron chi connectivity index (χ0n) is 12.3. The second-order valence-electron chi connectivity index (χ2n) is 3.89. The maximum atomic E-state index is 11.6. The molecule has 0 saturated heterocycles. The summed E-state index contributed by atoms with van der Waals surface area (Å²) in [6, 6.07) is 1.22. The predicted octanol–water partition coefficient (Wildman–Crippen LogP) is 1.73. The lowest BCUT2D eigenvalue weighted by atomic mass is 10.1. The van der Waals surface area contributed by atoms with Crippen LogP contribution in [0.1, 0.15) is 12.5 Å². The summed E-state index contributed by atoms with van der Waals surface area (Å²) in [6.45, 7) is 1.89. The fourth-order valence-electron chi connectivity index (χ4n) is 1.90. The fraction of sp³-hybridized carbons (Fsp3) is 0.462. The molecule has 0 radical (unpaired) electrons. The van der Waals surface area contributed by atoms with Crippen LogP contribution in [-0.4, -0.2) is 38.8 Å². The molecule has 1 aromatic rings. The quantitative estimate of drug-likeness (QED) is 0.429. The molecule has 0 heterocycles. The van der Waals surface area contributed by atoms with Gasteiger partial charge in [0.1, 0.15) is 0 Å². The second kappa shape index (κ2) is 7.32. The number of hydrogen-bond donors (Lipinski definition) is 0. The molecule has 0 atom stereocenters. The van der Waals surface area contributed by atoms with Crippen molar-refractivity contribution in [3.63, 3.8) is 0 Å². The van der Waals surface area contributed by atoms with E-state index in [-0.39, 0.29) is 36.0 Å². The molecule has 0 aromatic heterocycles. The van der Waals surface area contributed by atoms with Crippen LogP contribution in [-0.2, 0) is 16.0 Å². The first-order chi connectivity index (χ1) is 9.99. The summed E-state index contributed by atoms with van der Waals surface area (Å²) in [5.41, 5.74) is -0.0188. The molecular weight excluding hydrogens is 282 g/mol. The van der Waals surface area contributed by atoms with Crippen LogP contribution in [0.3, 0.4) is 0 Å². The molecule has 0 fully saturated rings. The zero-order chi connectivity index (χ0) is 16.0. The Kier molecular flexibility index (Phi) is 5.77. The highest BCUT2D eigenvalue weighted by Crippen LogP contribution is 2.46.